The SMILES string of the molecule is CCOc1cc(/C=C(/C#N)C(=O)NCCc2c[nH]c3ccccc23)cc(Br)c1OCc1ccc2ccccc2c1. The number of rotatable bonds is 10. The van der Waals surface area contributed by atoms with Crippen molar-refractivity contribution >= 4 is 49.6 Å². The first-order chi connectivity index (χ1) is 19.6. The summed E-state index contributed by atoms with van der Waals surface area (Å²) in [7, 11) is 0. The molecule has 0 bridgehead atoms. The van der Waals surface area contributed by atoms with Gasteiger partial charge in [0.1, 0.15) is 18.2 Å². The number of nitrogens with one attached hydrogen (secondary N) is 2. The van der Waals surface area contributed by atoms with Gasteiger partial charge in [-0.15, -0.1) is 0 Å². The molecule has 200 valence electrons. The summed E-state index contributed by atoms with van der Waals surface area (Å²) < 4.78 is 12.7. The van der Waals surface area contributed by atoms with E-state index in [1.807, 2.05) is 67.7 Å². The lowest BCUT2D eigenvalue weighted by atomic mass is 10.1. The molecule has 0 fully saturated rings. The molecule has 5 rings (SSSR count). The fraction of sp³-hybridized carbons (Fsp3) is 0.152. The predicted octanol–water partition coefficient (Wildman–Crippen LogP) is 7.33. The number of carbonyl (C=O) groups excluding carboxylic acids is 1. The van der Waals surface area contributed by atoms with E-state index >= 15 is 0 Å². The van der Waals surface area contributed by atoms with Crippen LogP contribution in [0.2, 0.25) is 0 Å². The van der Waals surface area contributed by atoms with Gasteiger partial charge in [0.05, 0.1) is 11.1 Å². The van der Waals surface area contributed by atoms with Crippen molar-refractivity contribution in [3.63, 3.8) is 0 Å². The van der Waals surface area contributed by atoms with Crippen LogP contribution in [0.25, 0.3) is 27.8 Å². The third-order valence-electron chi connectivity index (χ3n) is 6.56. The van der Waals surface area contributed by atoms with E-state index in [1.165, 1.54) is 5.39 Å². The van der Waals surface area contributed by atoms with Crippen LogP contribution in [0.1, 0.15) is 23.6 Å². The Morgan fingerprint density at radius 3 is 2.65 bits per heavy atom. The van der Waals surface area contributed by atoms with Gasteiger partial charge in [-0.05, 0) is 87.1 Å². The topological polar surface area (TPSA) is 87.1 Å². The summed E-state index contributed by atoms with van der Waals surface area (Å²) in [5.41, 5.74) is 3.87. The van der Waals surface area contributed by atoms with Crippen molar-refractivity contribution in [2.24, 2.45) is 0 Å². The maximum Gasteiger partial charge on any atom is 0.261 e. The largest absolute Gasteiger partial charge is 0.490 e. The lowest BCUT2D eigenvalue weighted by molar-refractivity contribution is -0.117. The zero-order valence-electron chi connectivity index (χ0n) is 22.0. The summed E-state index contributed by atoms with van der Waals surface area (Å²) in [5, 5.41) is 16.0. The van der Waals surface area contributed by atoms with E-state index < -0.39 is 5.91 Å². The molecule has 7 heteroatoms. The van der Waals surface area contributed by atoms with E-state index in [2.05, 4.69) is 50.5 Å². The number of aromatic amines is 1. The fourth-order valence-electron chi connectivity index (χ4n) is 4.62. The molecule has 0 radical (unpaired) electrons. The third-order valence-corrected chi connectivity index (χ3v) is 7.15. The number of aromatic nitrogens is 1. The van der Waals surface area contributed by atoms with E-state index in [-0.39, 0.29) is 5.57 Å². The van der Waals surface area contributed by atoms with Gasteiger partial charge in [-0.1, -0.05) is 54.6 Å². The van der Waals surface area contributed by atoms with Gasteiger partial charge in [0.2, 0.25) is 0 Å². The first-order valence-corrected chi connectivity index (χ1v) is 13.9. The fourth-order valence-corrected chi connectivity index (χ4v) is 5.19. The predicted molar refractivity (Wildman–Crippen MR) is 162 cm³/mol. The Hall–Kier alpha value is -4.54. The Kier molecular flexibility index (Phi) is 8.48. The van der Waals surface area contributed by atoms with Crippen LogP contribution in [0, 0.1) is 11.3 Å². The summed E-state index contributed by atoms with van der Waals surface area (Å²) in [6.07, 6.45) is 4.16. The Bertz CT molecular complexity index is 1750. The summed E-state index contributed by atoms with van der Waals surface area (Å²) in [6, 6.07) is 28.1. The van der Waals surface area contributed by atoms with Crippen molar-refractivity contribution in [1.82, 2.24) is 10.3 Å². The van der Waals surface area contributed by atoms with Crippen LogP contribution in [0.15, 0.2) is 95.1 Å². The van der Waals surface area contributed by atoms with Gasteiger partial charge in [0.15, 0.2) is 11.5 Å². The number of hydrogen-bond donors (Lipinski definition) is 2. The number of hydrogen-bond acceptors (Lipinski definition) is 4. The van der Waals surface area contributed by atoms with Crippen molar-refractivity contribution in [3.8, 4) is 17.6 Å². The number of ether oxygens (including phenoxy) is 2. The second-order valence-corrected chi connectivity index (χ2v) is 10.1. The van der Waals surface area contributed by atoms with E-state index in [1.54, 1.807) is 12.1 Å². The molecule has 0 aliphatic heterocycles. The molecular weight excluding hydrogens is 566 g/mol. The van der Waals surface area contributed by atoms with Gasteiger partial charge in [-0.3, -0.25) is 4.79 Å². The van der Waals surface area contributed by atoms with E-state index in [0.717, 1.165) is 27.4 Å². The zero-order chi connectivity index (χ0) is 27.9. The highest BCUT2D eigenvalue weighted by atomic mass is 79.9. The average Bonchev–Trinajstić information content (AvgIpc) is 3.38. The molecule has 0 aliphatic carbocycles. The Morgan fingerprint density at radius 2 is 1.82 bits per heavy atom. The normalized spacial score (nSPS) is 11.4. The zero-order valence-corrected chi connectivity index (χ0v) is 23.6. The smallest absolute Gasteiger partial charge is 0.261 e. The highest BCUT2D eigenvalue weighted by Gasteiger charge is 2.15. The first kappa shape index (κ1) is 27.0. The molecule has 1 amide bonds. The Morgan fingerprint density at radius 1 is 1.02 bits per heavy atom. The number of carbonyl (C=O) groups is 1. The number of amides is 1. The lowest BCUT2D eigenvalue weighted by Crippen LogP contribution is -2.26. The van der Waals surface area contributed by atoms with Crippen LogP contribution in [0.5, 0.6) is 11.5 Å². The van der Waals surface area contributed by atoms with Crippen molar-refractivity contribution in [2.45, 2.75) is 20.0 Å². The van der Waals surface area contributed by atoms with Crippen molar-refractivity contribution in [2.75, 3.05) is 13.2 Å². The van der Waals surface area contributed by atoms with Crippen LogP contribution in [0.3, 0.4) is 0 Å². The molecule has 40 heavy (non-hydrogen) atoms. The molecule has 0 saturated carbocycles. The second-order valence-electron chi connectivity index (χ2n) is 9.27. The molecule has 4 aromatic carbocycles. The lowest BCUT2D eigenvalue weighted by Gasteiger charge is -2.15. The van der Waals surface area contributed by atoms with Gasteiger partial charge < -0.3 is 19.8 Å². The first-order valence-electron chi connectivity index (χ1n) is 13.1. The minimum atomic E-state index is -0.423. The minimum absolute atomic E-state index is 0.0121. The van der Waals surface area contributed by atoms with Gasteiger partial charge in [0, 0.05) is 23.6 Å². The minimum Gasteiger partial charge on any atom is -0.490 e. The maximum atomic E-state index is 12.8. The molecule has 2 N–H and O–H groups in total. The maximum absolute atomic E-state index is 12.8. The van der Waals surface area contributed by atoms with Gasteiger partial charge in [0.25, 0.3) is 5.91 Å². The number of H-pyrrole nitrogens is 1. The summed E-state index contributed by atoms with van der Waals surface area (Å²) in [4.78, 5) is 16.0. The number of nitriles is 1. The molecule has 0 saturated heterocycles. The van der Waals surface area contributed by atoms with Crippen molar-refractivity contribution in [3.05, 3.63) is 112 Å². The molecule has 0 unspecified atom stereocenters. The molecular formula is C33H28BrN3O3. The van der Waals surface area contributed by atoms with Gasteiger partial charge in [-0.2, -0.15) is 5.26 Å². The highest BCUT2D eigenvalue weighted by Crippen LogP contribution is 2.38. The molecule has 5 aromatic rings. The van der Waals surface area contributed by atoms with E-state index in [4.69, 9.17) is 9.47 Å². The van der Waals surface area contributed by atoms with Gasteiger partial charge in [-0.25, -0.2) is 0 Å². The highest BCUT2D eigenvalue weighted by molar-refractivity contribution is 9.10. The van der Waals surface area contributed by atoms with Crippen LogP contribution in [0.4, 0.5) is 0 Å². The Balaban J connectivity index is 1.28. The number of para-hydroxylation sites is 1. The molecule has 0 atom stereocenters. The number of nitrogens with zero attached hydrogens (tertiary/aromatic N) is 1. The van der Waals surface area contributed by atoms with E-state index in [9.17, 15) is 10.1 Å². The van der Waals surface area contributed by atoms with Crippen LogP contribution >= 0.6 is 15.9 Å². The molecule has 1 aromatic heterocycles. The van der Waals surface area contributed by atoms with Crippen molar-refractivity contribution in [1.29, 1.82) is 5.26 Å². The third kappa shape index (κ3) is 6.19. The number of halogens is 1. The monoisotopic (exact) mass is 593 g/mol. The Labute approximate surface area is 241 Å². The number of fused-ring (bicyclic) bond motifs is 2. The van der Waals surface area contributed by atoms with Crippen LogP contribution in [-0.4, -0.2) is 24.0 Å². The van der Waals surface area contributed by atoms with E-state index in [0.29, 0.717) is 47.7 Å². The molecule has 0 aliphatic rings. The van der Waals surface area contributed by atoms with Crippen molar-refractivity contribution < 1.29 is 14.3 Å². The summed E-state index contributed by atoms with van der Waals surface area (Å²) in [6.45, 7) is 3.10. The summed E-state index contributed by atoms with van der Waals surface area (Å²) in [5.74, 6) is 0.669. The van der Waals surface area contributed by atoms with Crippen LogP contribution in [-0.2, 0) is 17.8 Å². The molecule has 1 heterocycles. The van der Waals surface area contributed by atoms with Crippen LogP contribution < -0.4 is 14.8 Å². The standard InChI is InChI=1S/C33H28BrN3O3/c1-2-39-31-18-23(17-29(34)32(31)40-21-22-11-12-24-7-3-4-8-25(24)15-22)16-27(19-35)33(38)36-14-13-26-20-37-30-10-6-5-9-28(26)30/h3-12,15-18,20,37H,2,13-14,21H2,1H3,(H,36,38)/b27-16-. The summed E-state index contributed by atoms with van der Waals surface area (Å²) >= 11 is 3.59. The quantitative estimate of drug-likeness (QED) is 0.131. The molecule has 0 spiro atoms. The number of benzene rings is 4. The second kappa shape index (κ2) is 12.5. The average molecular weight is 595 g/mol. The van der Waals surface area contributed by atoms with Gasteiger partial charge >= 0.3 is 0 Å². The molecule has 6 nitrogen and oxygen atoms in total.